The first-order valence-electron chi connectivity index (χ1n) is 4.33. The number of unbranched alkanes of at least 4 members (excludes halogenated alkanes) is 2. The average molecular weight is 171 g/mol. The summed E-state index contributed by atoms with van der Waals surface area (Å²) in [5.74, 6) is 0.677. The first-order chi connectivity index (χ1) is 5.70. The second-order valence-electron chi connectivity index (χ2n) is 2.63. The average Bonchev–Trinajstić information content (AvgIpc) is 2.02. The van der Waals surface area contributed by atoms with Crippen LogP contribution in [0.4, 0.5) is 4.79 Å². The van der Waals surface area contributed by atoms with Gasteiger partial charge in [0.05, 0.1) is 0 Å². The predicted molar refractivity (Wildman–Crippen MR) is 48.6 cm³/mol. The number of rotatable bonds is 5. The van der Waals surface area contributed by atoms with Crippen molar-refractivity contribution in [3.63, 3.8) is 0 Å². The van der Waals surface area contributed by atoms with Gasteiger partial charge < -0.3 is 10.5 Å². The van der Waals surface area contributed by atoms with E-state index >= 15 is 0 Å². The molecule has 0 aromatic rings. The molecule has 0 aliphatic heterocycles. The Balaban J connectivity index is 3.62. The number of nitrogens with two attached hydrogens (primary N) is 1. The first-order valence-corrected chi connectivity index (χ1v) is 4.33. The Bertz CT molecular complexity index is 164. The molecule has 0 fully saturated rings. The minimum atomic E-state index is -0.723. The molecule has 0 rings (SSSR count). The van der Waals surface area contributed by atoms with E-state index in [0.717, 1.165) is 25.7 Å². The van der Waals surface area contributed by atoms with Gasteiger partial charge in [-0.1, -0.05) is 19.8 Å². The van der Waals surface area contributed by atoms with Gasteiger partial charge in [0, 0.05) is 6.42 Å². The number of allylic oxidation sites excluding steroid dienone is 2. The molecule has 2 N–H and O–H groups in total. The largest absolute Gasteiger partial charge is 0.415 e. The highest BCUT2D eigenvalue weighted by atomic mass is 16.5. The fourth-order valence-electron chi connectivity index (χ4n) is 0.933. The highest BCUT2D eigenvalue weighted by molar-refractivity contribution is 5.65. The van der Waals surface area contributed by atoms with Crippen LogP contribution in [0.5, 0.6) is 0 Å². The molecule has 0 radical (unpaired) electrons. The third kappa shape index (κ3) is 5.77. The number of hydrogen-bond donors (Lipinski definition) is 1. The Hall–Kier alpha value is -0.990. The van der Waals surface area contributed by atoms with Crippen LogP contribution < -0.4 is 5.73 Å². The topological polar surface area (TPSA) is 52.3 Å². The number of carbonyl (C=O) groups is 1. The summed E-state index contributed by atoms with van der Waals surface area (Å²) in [5, 5.41) is 0. The van der Waals surface area contributed by atoms with Crippen LogP contribution in [0.25, 0.3) is 0 Å². The fraction of sp³-hybridized carbons (Fsp3) is 0.667. The van der Waals surface area contributed by atoms with Crippen molar-refractivity contribution in [2.75, 3.05) is 0 Å². The monoisotopic (exact) mass is 171 g/mol. The summed E-state index contributed by atoms with van der Waals surface area (Å²) in [7, 11) is 0. The van der Waals surface area contributed by atoms with Gasteiger partial charge in [0.15, 0.2) is 0 Å². The second-order valence-corrected chi connectivity index (χ2v) is 2.63. The fourth-order valence-corrected chi connectivity index (χ4v) is 0.933. The van der Waals surface area contributed by atoms with Gasteiger partial charge in [-0.2, -0.15) is 0 Å². The first kappa shape index (κ1) is 11.0. The van der Waals surface area contributed by atoms with E-state index in [2.05, 4.69) is 6.92 Å². The van der Waals surface area contributed by atoms with Gasteiger partial charge in [0.25, 0.3) is 0 Å². The number of amides is 1. The summed E-state index contributed by atoms with van der Waals surface area (Å²) in [6.07, 6.45) is 5.21. The SMILES string of the molecule is CC=C(CCCCC)OC(N)=O. The minimum absolute atomic E-state index is 0.677. The highest BCUT2D eigenvalue weighted by Gasteiger charge is 2.00. The molecule has 70 valence electrons. The summed E-state index contributed by atoms with van der Waals surface area (Å²) in [6.45, 7) is 3.97. The lowest BCUT2D eigenvalue weighted by Crippen LogP contribution is -2.12. The van der Waals surface area contributed by atoms with Crippen molar-refractivity contribution in [3.8, 4) is 0 Å². The minimum Gasteiger partial charge on any atom is -0.415 e. The van der Waals surface area contributed by atoms with Gasteiger partial charge in [0.1, 0.15) is 5.76 Å². The maximum absolute atomic E-state index is 10.4. The van der Waals surface area contributed by atoms with Crippen molar-refractivity contribution in [1.82, 2.24) is 0 Å². The lowest BCUT2D eigenvalue weighted by atomic mass is 10.2. The zero-order valence-corrected chi connectivity index (χ0v) is 7.80. The summed E-state index contributed by atoms with van der Waals surface area (Å²) in [5.41, 5.74) is 4.87. The number of primary amides is 1. The van der Waals surface area contributed by atoms with Crippen LogP contribution in [0.2, 0.25) is 0 Å². The normalized spacial score (nSPS) is 11.3. The molecule has 0 saturated carbocycles. The van der Waals surface area contributed by atoms with Crippen LogP contribution >= 0.6 is 0 Å². The number of carbonyl (C=O) groups excluding carboxylic acids is 1. The molecule has 0 saturated heterocycles. The highest BCUT2D eigenvalue weighted by Crippen LogP contribution is 2.09. The summed E-state index contributed by atoms with van der Waals surface area (Å²) in [6, 6.07) is 0. The Morgan fingerprint density at radius 1 is 1.50 bits per heavy atom. The van der Waals surface area contributed by atoms with E-state index in [1.165, 1.54) is 0 Å². The summed E-state index contributed by atoms with van der Waals surface area (Å²) < 4.78 is 4.75. The van der Waals surface area contributed by atoms with Crippen molar-refractivity contribution in [2.45, 2.75) is 39.5 Å². The zero-order valence-electron chi connectivity index (χ0n) is 7.80. The molecular formula is C9H17NO2. The van der Waals surface area contributed by atoms with Gasteiger partial charge in [0.2, 0.25) is 0 Å². The zero-order chi connectivity index (χ0) is 9.40. The van der Waals surface area contributed by atoms with Crippen molar-refractivity contribution in [3.05, 3.63) is 11.8 Å². The molecular weight excluding hydrogens is 154 g/mol. The molecule has 1 amide bonds. The quantitative estimate of drug-likeness (QED) is 0.510. The van der Waals surface area contributed by atoms with E-state index in [-0.39, 0.29) is 0 Å². The number of ether oxygens (including phenoxy) is 1. The molecule has 0 unspecified atom stereocenters. The molecule has 12 heavy (non-hydrogen) atoms. The van der Waals surface area contributed by atoms with Crippen molar-refractivity contribution >= 4 is 6.09 Å². The van der Waals surface area contributed by atoms with Crippen LogP contribution in [-0.4, -0.2) is 6.09 Å². The Morgan fingerprint density at radius 2 is 2.17 bits per heavy atom. The second kappa shape index (κ2) is 6.70. The van der Waals surface area contributed by atoms with Crippen LogP contribution in [0.3, 0.4) is 0 Å². The molecule has 0 spiro atoms. The van der Waals surface area contributed by atoms with E-state index in [1.54, 1.807) is 6.08 Å². The molecule has 0 aliphatic rings. The third-order valence-corrected chi connectivity index (χ3v) is 1.58. The maximum atomic E-state index is 10.4. The molecule has 0 aromatic heterocycles. The molecule has 0 atom stereocenters. The Kier molecular flexibility index (Phi) is 6.15. The third-order valence-electron chi connectivity index (χ3n) is 1.58. The van der Waals surface area contributed by atoms with Crippen molar-refractivity contribution in [1.29, 1.82) is 0 Å². The van der Waals surface area contributed by atoms with Gasteiger partial charge >= 0.3 is 6.09 Å². The molecule has 3 heteroatoms. The smallest absolute Gasteiger partial charge is 0.409 e. The van der Waals surface area contributed by atoms with E-state index in [4.69, 9.17) is 10.5 Å². The molecule has 0 heterocycles. The maximum Gasteiger partial charge on any atom is 0.409 e. The molecule has 3 nitrogen and oxygen atoms in total. The van der Waals surface area contributed by atoms with Crippen LogP contribution in [-0.2, 0) is 4.74 Å². The van der Waals surface area contributed by atoms with Crippen LogP contribution in [0.15, 0.2) is 11.8 Å². The van der Waals surface area contributed by atoms with Crippen molar-refractivity contribution < 1.29 is 9.53 Å². The van der Waals surface area contributed by atoms with E-state index in [9.17, 15) is 4.79 Å². The van der Waals surface area contributed by atoms with Crippen LogP contribution in [0, 0.1) is 0 Å². The van der Waals surface area contributed by atoms with E-state index in [0.29, 0.717) is 5.76 Å². The van der Waals surface area contributed by atoms with Crippen LogP contribution in [0.1, 0.15) is 39.5 Å². The Labute approximate surface area is 73.6 Å². The van der Waals surface area contributed by atoms with Crippen molar-refractivity contribution in [2.24, 2.45) is 5.73 Å². The molecule has 0 aromatic carbocycles. The van der Waals surface area contributed by atoms with Gasteiger partial charge in [-0.15, -0.1) is 0 Å². The van der Waals surface area contributed by atoms with E-state index in [1.807, 2.05) is 6.92 Å². The van der Waals surface area contributed by atoms with Gasteiger partial charge in [-0.05, 0) is 19.4 Å². The molecule has 0 bridgehead atoms. The standard InChI is InChI=1S/C9H17NO2/c1-3-5-6-7-8(4-2)12-9(10)11/h4H,3,5-7H2,1-2H3,(H2,10,11). The lowest BCUT2D eigenvalue weighted by molar-refractivity contribution is 0.183. The van der Waals surface area contributed by atoms with Gasteiger partial charge in [-0.3, -0.25) is 0 Å². The number of hydrogen-bond acceptors (Lipinski definition) is 2. The lowest BCUT2D eigenvalue weighted by Gasteiger charge is -2.04. The van der Waals surface area contributed by atoms with Gasteiger partial charge in [-0.25, -0.2) is 4.79 Å². The summed E-state index contributed by atoms with van der Waals surface area (Å²) >= 11 is 0. The van der Waals surface area contributed by atoms with E-state index < -0.39 is 6.09 Å². The Morgan fingerprint density at radius 3 is 2.58 bits per heavy atom. The molecule has 0 aliphatic carbocycles. The summed E-state index contributed by atoms with van der Waals surface area (Å²) in [4.78, 5) is 10.4. The predicted octanol–water partition coefficient (Wildman–Crippen LogP) is 2.57.